The van der Waals surface area contributed by atoms with Crippen molar-refractivity contribution in [2.45, 2.75) is 59.4 Å². The van der Waals surface area contributed by atoms with Crippen molar-refractivity contribution in [1.29, 1.82) is 0 Å². The lowest BCUT2D eigenvalue weighted by molar-refractivity contribution is 0.00820. The van der Waals surface area contributed by atoms with E-state index in [1.54, 1.807) is 11.3 Å². The highest BCUT2D eigenvalue weighted by molar-refractivity contribution is 7.11. The summed E-state index contributed by atoms with van der Waals surface area (Å²) in [6, 6.07) is 0. The summed E-state index contributed by atoms with van der Waals surface area (Å²) in [6.45, 7) is 13.9. The largest absolute Gasteiger partial charge is 0.379 e. The molecule has 2 fully saturated rings. The van der Waals surface area contributed by atoms with Gasteiger partial charge in [0.25, 0.3) is 0 Å². The van der Waals surface area contributed by atoms with Crippen LogP contribution in [0.4, 0.5) is 0 Å². The van der Waals surface area contributed by atoms with Crippen molar-refractivity contribution < 1.29 is 4.74 Å². The predicted octanol–water partition coefficient (Wildman–Crippen LogP) is 3.10. The van der Waals surface area contributed by atoms with Crippen LogP contribution in [0.25, 0.3) is 0 Å². The molecule has 0 aromatic carbocycles. The van der Waals surface area contributed by atoms with E-state index in [0.717, 1.165) is 56.1 Å². The minimum Gasteiger partial charge on any atom is -0.379 e. The fraction of sp³-hybridized carbons (Fsp3) is 0.810. The van der Waals surface area contributed by atoms with Gasteiger partial charge in [-0.3, -0.25) is 4.90 Å². The number of aryl methyl sites for hydroxylation is 2. The molecule has 0 unspecified atom stereocenters. The second-order valence-corrected chi connectivity index (χ2v) is 9.53. The highest BCUT2D eigenvalue weighted by Crippen LogP contribution is 2.36. The molecule has 1 aliphatic heterocycles. The Bertz CT molecular complexity index is 633. The third-order valence-electron chi connectivity index (χ3n) is 5.93. The molecule has 1 saturated carbocycles. The van der Waals surface area contributed by atoms with Crippen LogP contribution in [-0.4, -0.2) is 61.8 Å². The molecule has 6 nitrogen and oxygen atoms in total. The molecule has 3 rings (SSSR count). The molecule has 1 aromatic rings. The van der Waals surface area contributed by atoms with Crippen molar-refractivity contribution >= 4 is 17.3 Å². The van der Waals surface area contributed by atoms with Crippen molar-refractivity contribution in [2.75, 3.05) is 45.9 Å². The monoisotopic (exact) mass is 407 g/mol. The molecule has 0 spiro atoms. The van der Waals surface area contributed by atoms with Crippen molar-refractivity contribution in [3.05, 3.63) is 15.6 Å². The lowest BCUT2D eigenvalue weighted by atomic mass is 9.73. The molecule has 0 amide bonds. The molecule has 1 saturated heterocycles. The van der Waals surface area contributed by atoms with Crippen LogP contribution in [0.2, 0.25) is 0 Å². The van der Waals surface area contributed by atoms with Gasteiger partial charge in [-0.15, -0.1) is 11.3 Å². The Balaban J connectivity index is 1.62. The summed E-state index contributed by atoms with van der Waals surface area (Å²) in [7, 11) is 0. The molecule has 1 aliphatic carbocycles. The molecule has 0 bridgehead atoms. The number of hydrogen-bond acceptors (Lipinski definition) is 5. The van der Waals surface area contributed by atoms with E-state index in [-0.39, 0.29) is 0 Å². The summed E-state index contributed by atoms with van der Waals surface area (Å²) in [5, 5.41) is 8.23. The van der Waals surface area contributed by atoms with Crippen molar-refractivity contribution in [1.82, 2.24) is 20.5 Å². The van der Waals surface area contributed by atoms with Gasteiger partial charge in [0.2, 0.25) is 0 Å². The Morgan fingerprint density at radius 1 is 1.18 bits per heavy atom. The summed E-state index contributed by atoms with van der Waals surface area (Å²) in [6.07, 6.45) is 6.69. The number of aliphatic imine (C=N–C) groups is 1. The highest BCUT2D eigenvalue weighted by Gasteiger charge is 2.34. The Labute approximate surface area is 174 Å². The summed E-state index contributed by atoms with van der Waals surface area (Å²) < 4.78 is 5.55. The van der Waals surface area contributed by atoms with Gasteiger partial charge in [-0.2, -0.15) is 0 Å². The molecule has 1 aromatic heterocycles. The maximum atomic E-state index is 5.55. The van der Waals surface area contributed by atoms with E-state index in [1.165, 1.54) is 43.5 Å². The van der Waals surface area contributed by atoms with Crippen molar-refractivity contribution in [3.8, 4) is 0 Å². The number of aromatic nitrogens is 1. The molecule has 28 heavy (non-hydrogen) atoms. The number of guanidine groups is 1. The fourth-order valence-electron chi connectivity index (χ4n) is 4.41. The minimum atomic E-state index is 0.350. The molecule has 158 valence electrons. The molecule has 2 aliphatic rings. The summed E-state index contributed by atoms with van der Waals surface area (Å²) in [4.78, 5) is 13.2. The lowest BCUT2D eigenvalue weighted by Crippen LogP contribution is -2.51. The molecule has 0 atom stereocenters. The maximum absolute atomic E-state index is 5.55. The number of hydrogen-bond donors (Lipinski definition) is 2. The first-order chi connectivity index (χ1) is 13.6. The van der Waals surface area contributed by atoms with Crippen molar-refractivity contribution in [3.63, 3.8) is 0 Å². The third-order valence-corrected chi connectivity index (χ3v) is 6.99. The lowest BCUT2D eigenvalue weighted by Gasteiger charge is -2.42. The predicted molar refractivity (Wildman–Crippen MR) is 117 cm³/mol. The molecule has 2 N–H and O–H groups in total. The number of morpholine rings is 1. The Kier molecular flexibility index (Phi) is 8.11. The first-order valence-electron chi connectivity index (χ1n) is 10.9. The summed E-state index contributed by atoms with van der Waals surface area (Å²) in [5.41, 5.74) is 1.46. The third kappa shape index (κ3) is 6.16. The topological polar surface area (TPSA) is 61.8 Å². The molecular formula is C21H37N5OS. The zero-order valence-electron chi connectivity index (χ0n) is 17.9. The number of thiazole rings is 1. The molecule has 0 radical (unpaired) electrons. The number of rotatable bonds is 7. The van der Waals surface area contributed by atoms with Gasteiger partial charge < -0.3 is 15.4 Å². The molecular weight excluding hydrogens is 370 g/mol. The van der Waals surface area contributed by atoms with Gasteiger partial charge in [0.1, 0.15) is 0 Å². The van der Waals surface area contributed by atoms with Gasteiger partial charge in [-0.1, -0.05) is 19.3 Å². The van der Waals surface area contributed by atoms with Crippen LogP contribution < -0.4 is 10.6 Å². The van der Waals surface area contributed by atoms with Crippen molar-refractivity contribution in [2.24, 2.45) is 10.4 Å². The minimum absolute atomic E-state index is 0.350. The first-order valence-corrected chi connectivity index (χ1v) is 11.7. The van der Waals surface area contributed by atoms with Gasteiger partial charge in [0.05, 0.1) is 30.5 Å². The second kappa shape index (κ2) is 10.6. The smallest absolute Gasteiger partial charge is 0.191 e. The van der Waals surface area contributed by atoms with E-state index >= 15 is 0 Å². The van der Waals surface area contributed by atoms with Gasteiger partial charge in [0, 0.05) is 43.0 Å². The van der Waals surface area contributed by atoms with Gasteiger partial charge in [-0.05, 0) is 33.6 Å². The Morgan fingerprint density at radius 2 is 1.93 bits per heavy atom. The van der Waals surface area contributed by atoms with Crippen LogP contribution in [0.15, 0.2) is 4.99 Å². The second-order valence-electron chi connectivity index (χ2n) is 8.24. The van der Waals surface area contributed by atoms with Crippen LogP contribution in [0, 0.1) is 19.3 Å². The first kappa shape index (κ1) is 21.5. The molecule has 7 heteroatoms. The summed E-state index contributed by atoms with van der Waals surface area (Å²) >= 11 is 1.75. The highest BCUT2D eigenvalue weighted by atomic mass is 32.1. The average Bonchev–Trinajstić information content (AvgIpc) is 3.03. The van der Waals surface area contributed by atoms with E-state index in [9.17, 15) is 0 Å². The van der Waals surface area contributed by atoms with Crippen LogP contribution in [0.1, 0.15) is 54.6 Å². The van der Waals surface area contributed by atoms with Gasteiger partial charge >= 0.3 is 0 Å². The number of ether oxygens (including phenoxy) is 1. The van der Waals surface area contributed by atoms with Crippen LogP contribution >= 0.6 is 11.3 Å². The molecule has 2 heterocycles. The van der Waals surface area contributed by atoms with Gasteiger partial charge in [-0.25, -0.2) is 9.98 Å². The van der Waals surface area contributed by atoms with E-state index in [4.69, 9.17) is 9.73 Å². The van der Waals surface area contributed by atoms with E-state index in [1.807, 2.05) is 0 Å². The maximum Gasteiger partial charge on any atom is 0.191 e. The SMILES string of the molecule is CCNC(=NCc1sc(C)nc1C)NCC1(CN2CCOCC2)CCCCC1. The van der Waals surface area contributed by atoms with E-state index in [0.29, 0.717) is 12.0 Å². The average molecular weight is 408 g/mol. The Hall–Kier alpha value is -1.18. The zero-order chi connectivity index (χ0) is 19.8. The van der Waals surface area contributed by atoms with Crippen LogP contribution in [0.5, 0.6) is 0 Å². The number of nitrogens with zero attached hydrogens (tertiary/aromatic N) is 3. The fourth-order valence-corrected chi connectivity index (χ4v) is 5.27. The van der Waals surface area contributed by atoms with E-state index in [2.05, 4.69) is 41.3 Å². The number of nitrogens with one attached hydrogen (secondary N) is 2. The summed E-state index contributed by atoms with van der Waals surface area (Å²) in [5.74, 6) is 0.930. The van der Waals surface area contributed by atoms with Gasteiger partial charge in [0.15, 0.2) is 5.96 Å². The normalized spacial score (nSPS) is 20.9. The zero-order valence-corrected chi connectivity index (χ0v) is 18.7. The van der Waals surface area contributed by atoms with Crippen LogP contribution in [-0.2, 0) is 11.3 Å². The standard InChI is InChI=1S/C21H37N5OS/c1-4-22-20(23-14-19-17(2)25-18(3)28-19)24-15-21(8-6-5-7-9-21)16-26-10-12-27-13-11-26/h4-16H2,1-3H3,(H2,22,23,24). The van der Waals surface area contributed by atoms with E-state index < -0.39 is 0 Å². The van der Waals surface area contributed by atoms with Crippen LogP contribution in [0.3, 0.4) is 0 Å². The quantitative estimate of drug-likeness (QED) is 0.537. The Morgan fingerprint density at radius 3 is 2.57 bits per heavy atom.